The molecule has 0 radical (unpaired) electrons. The van der Waals surface area contributed by atoms with Crippen LogP contribution in [0.5, 0.6) is 5.75 Å². The number of benzene rings is 2. The molecule has 0 aromatic heterocycles. The van der Waals surface area contributed by atoms with Gasteiger partial charge in [0.1, 0.15) is 5.75 Å². The van der Waals surface area contributed by atoms with Gasteiger partial charge in [-0.3, -0.25) is 0 Å². The number of halogens is 4. The Kier molecular flexibility index (Phi) is 5.72. The molecule has 25 heavy (non-hydrogen) atoms. The summed E-state index contributed by atoms with van der Waals surface area (Å²) in [5.74, 6) is 1.22. The van der Waals surface area contributed by atoms with Gasteiger partial charge in [-0.2, -0.15) is 0 Å². The molecule has 0 N–H and O–H groups in total. The van der Waals surface area contributed by atoms with Gasteiger partial charge in [-0.1, -0.05) is 52.3 Å². The highest BCUT2D eigenvalue weighted by molar-refractivity contribution is 9.09. The minimum atomic E-state index is -4.66. The summed E-state index contributed by atoms with van der Waals surface area (Å²) in [6.07, 6.45) is 0.311. The highest BCUT2D eigenvalue weighted by Gasteiger charge is 2.31. The van der Waals surface area contributed by atoms with Gasteiger partial charge in [-0.05, 0) is 66.3 Å². The Morgan fingerprint density at radius 3 is 1.84 bits per heavy atom. The van der Waals surface area contributed by atoms with E-state index in [9.17, 15) is 13.2 Å². The minimum Gasteiger partial charge on any atom is -0.406 e. The molecule has 2 aromatic rings. The fraction of sp³-hybridized carbons (Fsp3) is 0.400. The van der Waals surface area contributed by atoms with Crippen LogP contribution in [0.1, 0.15) is 37.2 Å². The van der Waals surface area contributed by atoms with Crippen LogP contribution in [-0.4, -0.2) is 11.7 Å². The summed E-state index contributed by atoms with van der Waals surface area (Å²) in [5, 5.41) is 1.09. The zero-order valence-corrected chi connectivity index (χ0v) is 15.3. The summed E-state index contributed by atoms with van der Waals surface area (Å²) in [4.78, 5) is 0. The Balaban J connectivity index is 1.66. The molecule has 0 atom stereocenters. The maximum absolute atomic E-state index is 12.2. The molecule has 2 aromatic carbocycles. The SMILES string of the molecule is FC(F)(F)Oc1ccc(-c2ccc(C3CCC(CBr)CC3)cc2)cc1. The minimum absolute atomic E-state index is 0.198. The van der Waals surface area contributed by atoms with Crippen LogP contribution < -0.4 is 4.74 Å². The number of alkyl halides is 4. The lowest BCUT2D eigenvalue weighted by Gasteiger charge is -2.27. The normalized spacial score (nSPS) is 21.1. The molecule has 0 heterocycles. The van der Waals surface area contributed by atoms with Crippen molar-refractivity contribution in [2.75, 3.05) is 5.33 Å². The third-order valence-electron chi connectivity index (χ3n) is 4.87. The molecule has 0 aliphatic heterocycles. The lowest BCUT2D eigenvalue weighted by atomic mass is 9.79. The van der Waals surface area contributed by atoms with E-state index in [1.807, 2.05) is 12.1 Å². The number of hydrogen-bond acceptors (Lipinski definition) is 1. The fourth-order valence-corrected chi connectivity index (χ4v) is 4.09. The van der Waals surface area contributed by atoms with Gasteiger partial charge in [0, 0.05) is 5.33 Å². The zero-order chi connectivity index (χ0) is 17.9. The first-order chi connectivity index (χ1) is 11.9. The van der Waals surface area contributed by atoms with Gasteiger partial charge >= 0.3 is 6.36 Å². The van der Waals surface area contributed by atoms with Crippen LogP contribution in [0.2, 0.25) is 0 Å². The lowest BCUT2D eigenvalue weighted by Crippen LogP contribution is -2.16. The zero-order valence-electron chi connectivity index (χ0n) is 13.7. The van der Waals surface area contributed by atoms with E-state index in [1.54, 1.807) is 12.1 Å². The Morgan fingerprint density at radius 1 is 0.840 bits per heavy atom. The summed E-state index contributed by atoms with van der Waals surface area (Å²) in [5.41, 5.74) is 3.23. The molecule has 1 aliphatic carbocycles. The van der Waals surface area contributed by atoms with E-state index >= 15 is 0 Å². The monoisotopic (exact) mass is 412 g/mol. The van der Waals surface area contributed by atoms with Crippen LogP contribution in [0.25, 0.3) is 11.1 Å². The van der Waals surface area contributed by atoms with Crippen molar-refractivity contribution in [2.45, 2.75) is 38.0 Å². The second-order valence-corrected chi connectivity index (χ2v) is 7.21. The van der Waals surface area contributed by atoms with Gasteiger partial charge in [-0.15, -0.1) is 13.2 Å². The molecule has 0 spiro atoms. The standard InChI is InChI=1S/C20H20BrF3O/c21-13-14-1-3-15(4-2-14)16-5-7-17(8-6-16)18-9-11-19(12-10-18)25-20(22,23)24/h5-12,14-15H,1-4,13H2. The Morgan fingerprint density at radius 2 is 1.36 bits per heavy atom. The van der Waals surface area contributed by atoms with Crippen LogP contribution in [-0.2, 0) is 0 Å². The predicted molar refractivity (Wildman–Crippen MR) is 97.1 cm³/mol. The number of rotatable bonds is 4. The number of ether oxygens (including phenoxy) is 1. The molecular formula is C20H20BrF3O. The average molecular weight is 413 g/mol. The smallest absolute Gasteiger partial charge is 0.406 e. The van der Waals surface area contributed by atoms with Gasteiger partial charge in [-0.25, -0.2) is 0 Å². The van der Waals surface area contributed by atoms with E-state index < -0.39 is 6.36 Å². The van der Waals surface area contributed by atoms with Crippen LogP contribution in [0, 0.1) is 5.92 Å². The average Bonchev–Trinajstić information content (AvgIpc) is 2.61. The van der Waals surface area contributed by atoms with Crippen molar-refractivity contribution in [1.82, 2.24) is 0 Å². The molecule has 1 aliphatic rings. The third-order valence-corrected chi connectivity index (χ3v) is 5.78. The molecule has 0 saturated heterocycles. The van der Waals surface area contributed by atoms with E-state index in [-0.39, 0.29) is 5.75 Å². The molecule has 3 rings (SSSR count). The van der Waals surface area contributed by atoms with Crippen molar-refractivity contribution in [2.24, 2.45) is 5.92 Å². The van der Waals surface area contributed by atoms with Crippen molar-refractivity contribution in [1.29, 1.82) is 0 Å². The Hall–Kier alpha value is -1.49. The van der Waals surface area contributed by atoms with Crippen molar-refractivity contribution in [3.8, 4) is 16.9 Å². The first-order valence-electron chi connectivity index (χ1n) is 8.47. The van der Waals surface area contributed by atoms with Crippen molar-refractivity contribution in [3.63, 3.8) is 0 Å². The van der Waals surface area contributed by atoms with Crippen molar-refractivity contribution in [3.05, 3.63) is 54.1 Å². The Labute approximate surface area is 154 Å². The maximum atomic E-state index is 12.2. The lowest BCUT2D eigenvalue weighted by molar-refractivity contribution is -0.274. The van der Waals surface area contributed by atoms with Crippen molar-refractivity contribution < 1.29 is 17.9 Å². The molecule has 0 amide bonds. The molecule has 134 valence electrons. The largest absolute Gasteiger partial charge is 0.573 e. The Bertz CT molecular complexity index is 672. The first-order valence-corrected chi connectivity index (χ1v) is 9.59. The van der Waals surface area contributed by atoms with Crippen LogP contribution in [0.4, 0.5) is 13.2 Å². The molecule has 0 unspecified atom stereocenters. The van der Waals surface area contributed by atoms with E-state index in [0.717, 1.165) is 22.4 Å². The summed E-state index contributed by atoms with van der Waals surface area (Å²) in [6.45, 7) is 0. The maximum Gasteiger partial charge on any atom is 0.573 e. The van der Waals surface area contributed by atoms with Crippen LogP contribution in [0.3, 0.4) is 0 Å². The highest BCUT2D eigenvalue weighted by atomic mass is 79.9. The topological polar surface area (TPSA) is 9.23 Å². The van der Waals surface area contributed by atoms with E-state index in [4.69, 9.17) is 0 Å². The second kappa shape index (κ2) is 7.81. The molecule has 5 heteroatoms. The summed E-state index contributed by atoms with van der Waals surface area (Å²) >= 11 is 3.57. The molecule has 0 bridgehead atoms. The second-order valence-electron chi connectivity index (χ2n) is 6.57. The van der Waals surface area contributed by atoms with Gasteiger partial charge < -0.3 is 4.74 Å². The van der Waals surface area contributed by atoms with E-state index in [1.165, 1.54) is 43.4 Å². The first kappa shape index (κ1) is 18.3. The molecule has 1 saturated carbocycles. The predicted octanol–water partition coefficient (Wildman–Crippen LogP) is 6.92. The summed E-state index contributed by atoms with van der Waals surface area (Å²) in [6, 6.07) is 14.4. The van der Waals surface area contributed by atoms with Gasteiger partial charge in [0.05, 0.1) is 0 Å². The van der Waals surface area contributed by atoms with E-state index in [0.29, 0.717) is 5.92 Å². The summed E-state index contributed by atoms with van der Waals surface area (Å²) in [7, 11) is 0. The number of hydrogen-bond donors (Lipinski definition) is 0. The fourth-order valence-electron chi connectivity index (χ4n) is 3.45. The van der Waals surface area contributed by atoms with Crippen molar-refractivity contribution >= 4 is 15.9 Å². The van der Waals surface area contributed by atoms with Gasteiger partial charge in [0.2, 0.25) is 0 Å². The third kappa shape index (κ3) is 5.00. The van der Waals surface area contributed by atoms with Crippen LogP contribution >= 0.6 is 15.9 Å². The van der Waals surface area contributed by atoms with Gasteiger partial charge in [0.25, 0.3) is 0 Å². The summed E-state index contributed by atoms with van der Waals surface area (Å²) < 4.78 is 40.5. The molecule has 1 fully saturated rings. The quantitative estimate of drug-likeness (QED) is 0.495. The molecular weight excluding hydrogens is 393 g/mol. The van der Waals surface area contributed by atoms with Gasteiger partial charge in [0.15, 0.2) is 0 Å². The molecule has 1 nitrogen and oxygen atoms in total. The highest BCUT2D eigenvalue weighted by Crippen LogP contribution is 2.37. The van der Waals surface area contributed by atoms with Crippen LogP contribution in [0.15, 0.2) is 48.5 Å². The van der Waals surface area contributed by atoms with E-state index in [2.05, 4.69) is 32.8 Å².